The van der Waals surface area contributed by atoms with E-state index in [0.717, 1.165) is 0 Å². The van der Waals surface area contributed by atoms with Crippen molar-refractivity contribution < 1.29 is 8.42 Å². The number of halogens is 1. The van der Waals surface area contributed by atoms with Gasteiger partial charge in [0.1, 0.15) is 10.0 Å². The van der Waals surface area contributed by atoms with Gasteiger partial charge >= 0.3 is 0 Å². The summed E-state index contributed by atoms with van der Waals surface area (Å²) in [6, 6.07) is 3.09. The fourth-order valence-corrected chi connectivity index (χ4v) is 2.67. The minimum absolute atomic E-state index is 0.0966. The second-order valence-electron chi connectivity index (χ2n) is 3.72. The van der Waals surface area contributed by atoms with Crippen LogP contribution in [0.1, 0.15) is 5.69 Å². The SMILES string of the molecule is Cc1nc(Cl)ccc1NS(=O)(=O)c1cnn(C)c1. The number of anilines is 1. The van der Waals surface area contributed by atoms with Crippen LogP contribution in [0, 0.1) is 6.92 Å². The van der Waals surface area contributed by atoms with Gasteiger partial charge in [-0.1, -0.05) is 11.6 Å². The quantitative estimate of drug-likeness (QED) is 0.869. The summed E-state index contributed by atoms with van der Waals surface area (Å²) in [6.45, 7) is 1.67. The normalized spacial score (nSPS) is 11.5. The van der Waals surface area contributed by atoms with E-state index in [-0.39, 0.29) is 4.90 Å². The second kappa shape index (κ2) is 4.58. The second-order valence-corrected chi connectivity index (χ2v) is 5.79. The minimum Gasteiger partial charge on any atom is -0.278 e. The summed E-state index contributed by atoms with van der Waals surface area (Å²) < 4.78 is 27.9. The molecule has 0 radical (unpaired) electrons. The van der Waals surface area contributed by atoms with E-state index in [4.69, 9.17) is 11.6 Å². The van der Waals surface area contributed by atoms with Crippen LogP contribution in [0.25, 0.3) is 0 Å². The number of pyridine rings is 1. The lowest BCUT2D eigenvalue weighted by molar-refractivity contribution is 0.601. The van der Waals surface area contributed by atoms with Crippen molar-refractivity contribution in [1.29, 1.82) is 0 Å². The predicted molar refractivity (Wildman–Crippen MR) is 68.0 cm³/mol. The summed E-state index contributed by atoms with van der Waals surface area (Å²) >= 11 is 5.71. The van der Waals surface area contributed by atoms with E-state index in [1.54, 1.807) is 20.0 Å². The summed E-state index contributed by atoms with van der Waals surface area (Å²) in [7, 11) is -2.00. The summed E-state index contributed by atoms with van der Waals surface area (Å²) in [4.78, 5) is 4.07. The molecule has 2 aromatic rings. The number of hydrogen-bond donors (Lipinski definition) is 1. The zero-order valence-corrected chi connectivity index (χ0v) is 11.3. The van der Waals surface area contributed by atoms with E-state index in [0.29, 0.717) is 16.5 Å². The Morgan fingerprint density at radius 1 is 1.39 bits per heavy atom. The first kappa shape index (κ1) is 12.8. The molecule has 0 fully saturated rings. The molecule has 0 spiro atoms. The molecular formula is C10H11ClN4O2S. The molecule has 0 atom stereocenters. The fourth-order valence-electron chi connectivity index (χ4n) is 1.38. The highest BCUT2D eigenvalue weighted by molar-refractivity contribution is 7.92. The van der Waals surface area contributed by atoms with E-state index in [1.165, 1.54) is 23.1 Å². The number of nitrogens with zero attached hydrogens (tertiary/aromatic N) is 3. The number of rotatable bonds is 3. The monoisotopic (exact) mass is 286 g/mol. The van der Waals surface area contributed by atoms with Crippen LogP contribution in [0.3, 0.4) is 0 Å². The lowest BCUT2D eigenvalue weighted by atomic mass is 10.3. The average molecular weight is 287 g/mol. The summed E-state index contributed by atoms with van der Waals surface area (Å²) in [5.74, 6) is 0. The Labute approximate surface area is 110 Å². The van der Waals surface area contributed by atoms with Crippen LogP contribution < -0.4 is 4.72 Å². The third kappa shape index (κ3) is 2.62. The molecule has 0 aromatic carbocycles. The lowest BCUT2D eigenvalue weighted by Crippen LogP contribution is -2.13. The summed E-state index contributed by atoms with van der Waals surface area (Å²) in [5.41, 5.74) is 0.901. The van der Waals surface area contributed by atoms with Crippen LogP contribution in [0.5, 0.6) is 0 Å². The molecule has 0 unspecified atom stereocenters. The molecule has 0 saturated carbocycles. The maximum atomic E-state index is 12.0. The Bertz CT molecular complexity index is 681. The molecule has 2 rings (SSSR count). The van der Waals surface area contributed by atoms with Gasteiger partial charge in [-0.25, -0.2) is 13.4 Å². The smallest absolute Gasteiger partial charge is 0.265 e. The lowest BCUT2D eigenvalue weighted by Gasteiger charge is -2.08. The van der Waals surface area contributed by atoms with E-state index in [1.807, 2.05) is 0 Å². The van der Waals surface area contributed by atoms with E-state index in [2.05, 4.69) is 14.8 Å². The topological polar surface area (TPSA) is 76.9 Å². The minimum atomic E-state index is -3.64. The molecule has 0 bridgehead atoms. The van der Waals surface area contributed by atoms with E-state index < -0.39 is 10.0 Å². The van der Waals surface area contributed by atoms with Gasteiger partial charge in [0.05, 0.1) is 17.6 Å². The van der Waals surface area contributed by atoms with Crippen molar-refractivity contribution in [1.82, 2.24) is 14.8 Å². The molecule has 0 aliphatic carbocycles. The van der Waals surface area contributed by atoms with Crippen molar-refractivity contribution in [3.05, 3.63) is 35.4 Å². The van der Waals surface area contributed by atoms with Crippen LogP contribution >= 0.6 is 11.6 Å². The Balaban J connectivity index is 2.33. The number of sulfonamides is 1. The van der Waals surface area contributed by atoms with Gasteiger partial charge in [0, 0.05) is 13.2 Å². The average Bonchev–Trinajstić information content (AvgIpc) is 2.70. The van der Waals surface area contributed by atoms with Crippen molar-refractivity contribution in [2.75, 3.05) is 4.72 Å². The Kier molecular flexibility index (Phi) is 3.27. The maximum absolute atomic E-state index is 12.0. The third-order valence-corrected chi connectivity index (χ3v) is 3.82. The molecule has 0 aliphatic rings. The molecule has 0 amide bonds. The van der Waals surface area contributed by atoms with Gasteiger partial charge < -0.3 is 0 Å². The Morgan fingerprint density at radius 3 is 2.67 bits per heavy atom. The van der Waals surface area contributed by atoms with Gasteiger partial charge in [-0.05, 0) is 19.1 Å². The van der Waals surface area contributed by atoms with Crippen LogP contribution in [0.4, 0.5) is 5.69 Å². The molecule has 96 valence electrons. The molecule has 1 N–H and O–H groups in total. The zero-order chi connectivity index (χ0) is 13.3. The Hall–Kier alpha value is -1.60. The molecule has 0 aliphatic heterocycles. The molecule has 2 aromatic heterocycles. The highest BCUT2D eigenvalue weighted by atomic mass is 35.5. The highest BCUT2D eigenvalue weighted by Gasteiger charge is 2.17. The van der Waals surface area contributed by atoms with Gasteiger partial charge in [0.15, 0.2) is 0 Å². The molecule has 2 heterocycles. The molecule has 6 nitrogen and oxygen atoms in total. The van der Waals surface area contributed by atoms with Crippen LogP contribution in [-0.2, 0) is 17.1 Å². The largest absolute Gasteiger partial charge is 0.278 e. The fraction of sp³-hybridized carbons (Fsp3) is 0.200. The van der Waals surface area contributed by atoms with Gasteiger partial charge in [0.25, 0.3) is 10.0 Å². The molecular weight excluding hydrogens is 276 g/mol. The predicted octanol–water partition coefficient (Wildman–Crippen LogP) is 1.58. The molecule has 0 saturated heterocycles. The van der Waals surface area contributed by atoms with Gasteiger partial charge in [-0.15, -0.1) is 0 Å². The molecule has 18 heavy (non-hydrogen) atoms. The first-order valence-corrected chi connectivity index (χ1v) is 6.89. The van der Waals surface area contributed by atoms with Crippen LogP contribution in [0.2, 0.25) is 5.15 Å². The van der Waals surface area contributed by atoms with Crippen molar-refractivity contribution in [3.63, 3.8) is 0 Å². The Morgan fingerprint density at radius 2 is 2.11 bits per heavy atom. The number of aromatic nitrogens is 3. The third-order valence-electron chi connectivity index (χ3n) is 2.29. The summed E-state index contributed by atoms with van der Waals surface area (Å²) in [5, 5.41) is 4.14. The number of aryl methyl sites for hydroxylation is 2. The number of hydrogen-bond acceptors (Lipinski definition) is 4. The van der Waals surface area contributed by atoms with Crippen molar-refractivity contribution in [2.45, 2.75) is 11.8 Å². The zero-order valence-electron chi connectivity index (χ0n) is 9.75. The standard InChI is InChI=1S/C10H11ClN4O2S/c1-7-9(3-4-10(11)13-7)14-18(16,17)8-5-12-15(2)6-8/h3-6,14H,1-2H3. The summed E-state index contributed by atoms with van der Waals surface area (Å²) in [6.07, 6.45) is 2.70. The first-order valence-electron chi connectivity index (χ1n) is 5.03. The van der Waals surface area contributed by atoms with Crippen LogP contribution in [0.15, 0.2) is 29.4 Å². The maximum Gasteiger partial charge on any atom is 0.265 e. The van der Waals surface area contributed by atoms with E-state index in [9.17, 15) is 8.42 Å². The van der Waals surface area contributed by atoms with Crippen molar-refractivity contribution >= 4 is 27.3 Å². The number of nitrogens with one attached hydrogen (secondary N) is 1. The van der Waals surface area contributed by atoms with E-state index >= 15 is 0 Å². The first-order chi connectivity index (χ1) is 8.38. The molecule has 8 heteroatoms. The van der Waals surface area contributed by atoms with Gasteiger partial charge in [0.2, 0.25) is 0 Å². The van der Waals surface area contributed by atoms with Gasteiger partial charge in [-0.2, -0.15) is 5.10 Å². The van der Waals surface area contributed by atoms with Crippen molar-refractivity contribution in [2.24, 2.45) is 7.05 Å². The van der Waals surface area contributed by atoms with Crippen molar-refractivity contribution in [3.8, 4) is 0 Å². The van der Waals surface area contributed by atoms with Gasteiger partial charge in [-0.3, -0.25) is 9.40 Å². The highest BCUT2D eigenvalue weighted by Crippen LogP contribution is 2.19. The van der Waals surface area contributed by atoms with Crippen LogP contribution in [-0.4, -0.2) is 23.2 Å².